The van der Waals surface area contributed by atoms with Gasteiger partial charge in [-0.15, -0.1) is 0 Å². The molecule has 0 saturated heterocycles. The Morgan fingerprint density at radius 3 is 1.76 bits per heavy atom. The number of hydrogen-bond donors (Lipinski definition) is 1. The van der Waals surface area contributed by atoms with Crippen LogP contribution in [0.15, 0.2) is 84.9 Å². The number of ether oxygens (including phenoxy) is 1. The first-order chi connectivity index (χ1) is 14.2. The van der Waals surface area contributed by atoms with Gasteiger partial charge in [0.25, 0.3) is 0 Å². The summed E-state index contributed by atoms with van der Waals surface area (Å²) in [4.78, 5) is 27.0. The van der Waals surface area contributed by atoms with E-state index < -0.39 is 11.8 Å². The molecule has 3 aromatic rings. The molecule has 0 radical (unpaired) electrons. The third kappa shape index (κ3) is 5.94. The Kier molecular flexibility index (Phi) is 7.00. The maximum absolute atomic E-state index is 12.9. The Morgan fingerprint density at radius 2 is 1.28 bits per heavy atom. The predicted molar refractivity (Wildman–Crippen MR) is 112 cm³/mol. The van der Waals surface area contributed by atoms with Crippen LogP contribution in [0.2, 0.25) is 0 Å². The second-order valence-corrected chi connectivity index (χ2v) is 6.66. The molecule has 0 aliphatic rings. The van der Waals surface area contributed by atoms with Gasteiger partial charge in [0.2, 0.25) is 0 Å². The minimum Gasteiger partial charge on any atom is -0.497 e. The molecule has 148 valence electrons. The van der Waals surface area contributed by atoms with Crippen molar-refractivity contribution in [2.24, 2.45) is 0 Å². The van der Waals surface area contributed by atoms with E-state index >= 15 is 0 Å². The largest absolute Gasteiger partial charge is 0.497 e. The number of nitrogens with one attached hydrogen (secondary N) is 1. The van der Waals surface area contributed by atoms with Gasteiger partial charge in [-0.25, -0.2) is 0 Å². The van der Waals surface area contributed by atoms with Crippen LogP contribution in [-0.2, 0) is 29.2 Å². The molecule has 3 rings (SSSR count). The van der Waals surface area contributed by atoms with Crippen LogP contribution in [0.1, 0.15) is 16.7 Å². The lowest BCUT2D eigenvalue weighted by molar-refractivity contribution is -0.146. The first-order valence-corrected chi connectivity index (χ1v) is 9.43. The molecule has 0 atom stereocenters. The minimum atomic E-state index is -0.618. The number of carbonyl (C=O) groups excluding carboxylic acids is 2. The van der Waals surface area contributed by atoms with Crippen molar-refractivity contribution >= 4 is 11.8 Å². The standard InChI is InChI=1S/C24H24N2O3/c1-29-22-14-12-19(13-15-22)16-25-23(27)24(28)26(17-20-8-4-2-5-9-20)18-21-10-6-3-7-11-21/h2-15H,16-18H2,1H3,(H,25,27). The fourth-order valence-corrected chi connectivity index (χ4v) is 2.95. The zero-order chi connectivity index (χ0) is 20.5. The fourth-order valence-electron chi connectivity index (χ4n) is 2.95. The van der Waals surface area contributed by atoms with Crippen molar-refractivity contribution in [2.45, 2.75) is 19.6 Å². The van der Waals surface area contributed by atoms with Gasteiger partial charge in [-0.2, -0.15) is 0 Å². The molecule has 0 aromatic heterocycles. The number of nitrogens with zero attached hydrogens (tertiary/aromatic N) is 1. The molecular formula is C24H24N2O3. The molecule has 2 amide bonds. The van der Waals surface area contributed by atoms with Gasteiger partial charge in [0.05, 0.1) is 7.11 Å². The van der Waals surface area contributed by atoms with Gasteiger partial charge in [-0.3, -0.25) is 9.59 Å². The molecule has 0 fully saturated rings. The number of amides is 2. The predicted octanol–water partition coefficient (Wildman–Crippen LogP) is 3.54. The Bertz CT molecular complexity index is 884. The fraction of sp³-hybridized carbons (Fsp3) is 0.167. The summed E-state index contributed by atoms with van der Waals surface area (Å²) in [5.74, 6) is -0.424. The van der Waals surface area contributed by atoms with E-state index in [4.69, 9.17) is 4.74 Å². The Hall–Kier alpha value is -3.60. The maximum atomic E-state index is 12.9. The summed E-state index contributed by atoms with van der Waals surface area (Å²) < 4.78 is 5.13. The van der Waals surface area contributed by atoms with Crippen LogP contribution >= 0.6 is 0 Å². The Morgan fingerprint density at radius 1 is 0.759 bits per heavy atom. The lowest BCUT2D eigenvalue weighted by Crippen LogP contribution is -2.42. The molecular weight excluding hydrogens is 364 g/mol. The number of methoxy groups -OCH3 is 1. The minimum absolute atomic E-state index is 0.277. The van der Waals surface area contributed by atoms with Gasteiger partial charge in [-0.1, -0.05) is 72.8 Å². The third-order valence-corrected chi connectivity index (χ3v) is 4.53. The molecule has 29 heavy (non-hydrogen) atoms. The number of hydrogen-bond acceptors (Lipinski definition) is 3. The smallest absolute Gasteiger partial charge is 0.312 e. The summed E-state index contributed by atoms with van der Waals surface area (Å²) in [7, 11) is 1.60. The van der Waals surface area contributed by atoms with Gasteiger partial charge in [-0.05, 0) is 28.8 Å². The average molecular weight is 388 g/mol. The summed E-state index contributed by atoms with van der Waals surface area (Å²) in [6.07, 6.45) is 0. The van der Waals surface area contributed by atoms with E-state index in [1.54, 1.807) is 12.0 Å². The van der Waals surface area contributed by atoms with Gasteiger partial charge >= 0.3 is 11.8 Å². The van der Waals surface area contributed by atoms with Gasteiger partial charge in [0.15, 0.2) is 0 Å². The third-order valence-electron chi connectivity index (χ3n) is 4.53. The van der Waals surface area contributed by atoms with Crippen molar-refractivity contribution in [3.63, 3.8) is 0 Å². The zero-order valence-corrected chi connectivity index (χ0v) is 16.4. The molecule has 0 heterocycles. The van der Waals surface area contributed by atoms with Gasteiger partial charge in [0.1, 0.15) is 5.75 Å². The monoisotopic (exact) mass is 388 g/mol. The lowest BCUT2D eigenvalue weighted by atomic mass is 10.1. The summed E-state index contributed by atoms with van der Waals surface area (Å²) in [6.45, 7) is 1.01. The van der Waals surface area contributed by atoms with Crippen LogP contribution in [0.25, 0.3) is 0 Å². The summed E-state index contributed by atoms with van der Waals surface area (Å²) >= 11 is 0. The molecule has 0 aliphatic carbocycles. The Labute approximate surface area is 170 Å². The first kappa shape index (κ1) is 20.1. The quantitative estimate of drug-likeness (QED) is 0.630. The molecule has 5 nitrogen and oxygen atoms in total. The van der Waals surface area contributed by atoms with E-state index in [9.17, 15) is 9.59 Å². The molecule has 0 unspecified atom stereocenters. The van der Waals surface area contributed by atoms with Crippen LogP contribution < -0.4 is 10.1 Å². The molecule has 0 bridgehead atoms. The van der Waals surface area contributed by atoms with Crippen molar-refractivity contribution in [1.82, 2.24) is 10.2 Å². The van der Waals surface area contributed by atoms with E-state index in [2.05, 4.69) is 5.32 Å². The van der Waals surface area contributed by atoms with Crippen molar-refractivity contribution in [3.8, 4) is 5.75 Å². The molecule has 3 aromatic carbocycles. The Balaban J connectivity index is 1.67. The maximum Gasteiger partial charge on any atom is 0.312 e. The topological polar surface area (TPSA) is 58.6 Å². The second kappa shape index (κ2) is 10.1. The van der Waals surface area contributed by atoms with E-state index in [1.807, 2.05) is 84.9 Å². The summed E-state index contributed by atoms with van der Waals surface area (Å²) in [6, 6.07) is 26.7. The van der Waals surface area contributed by atoms with Crippen LogP contribution in [0.5, 0.6) is 5.75 Å². The number of rotatable bonds is 7. The second-order valence-electron chi connectivity index (χ2n) is 6.66. The van der Waals surface area contributed by atoms with Gasteiger partial charge < -0.3 is 15.0 Å². The van der Waals surface area contributed by atoms with E-state index in [-0.39, 0.29) is 6.54 Å². The van der Waals surface area contributed by atoms with E-state index in [0.29, 0.717) is 13.1 Å². The van der Waals surface area contributed by atoms with Crippen LogP contribution in [0.4, 0.5) is 0 Å². The molecule has 0 spiro atoms. The highest BCUT2D eigenvalue weighted by atomic mass is 16.5. The number of carbonyl (C=O) groups is 2. The summed E-state index contributed by atoms with van der Waals surface area (Å²) in [5, 5.41) is 2.72. The van der Waals surface area contributed by atoms with Crippen molar-refractivity contribution in [3.05, 3.63) is 102 Å². The highest BCUT2D eigenvalue weighted by Crippen LogP contribution is 2.12. The summed E-state index contributed by atoms with van der Waals surface area (Å²) in [5.41, 5.74) is 2.84. The normalized spacial score (nSPS) is 10.2. The van der Waals surface area contributed by atoms with Crippen LogP contribution in [0, 0.1) is 0 Å². The van der Waals surface area contributed by atoms with Crippen molar-refractivity contribution in [1.29, 1.82) is 0 Å². The highest BCUT2D eigenvalue weighted by molar-refractivity contribution is 6.34. The zero-order valence-electron chi connectivity index (χ0n) is 16.4. The van der Waals surface area contributed by atoms with Crippen molar-refractivity contribution in [2.75, 3.05) is 7.11 Å². The molecule has 5 heteroatoms. The van der Waals surface area contributed by atoms with E-state index in [0.717, 1.165) is 22.4 Å². The van der Waals surface area contributed by atoms with E-state index in [1.165, 1.54) is 0 Å². The molecule has 0 saturated carbocycles. The first-order valence-electron chi connectivity index (χ1n) is 9.43. The average Bonchev–Trinajstić information content (AvgIpc) is 2.78. The van der Waals surface area contributed by atoms with Crippen LogP contribution in [-0.4, -0.2) is 23.8 Å². The molecule has 0 aliphatic heterocycles. The van der Waals surface area contributed by atoms with Crippen LogP contribution in [0.3, 0.4) is 0 Å². The highest BCUT2D eigenvalue weighted by Gasteiger charge is 2.22. The number of benzene rings is 3. The SMILES string of the molecule is COc1ccc(CNC(=O)C(=O)N(Cc2ccccc2)Cc2ccccc2)cc1. The lowest BCUT2D eigenvalue weighted by Gasteiger charge is -2.22. The van der Waals surface area contributed by atoms with Crippen molar-refractivity contribution < 1.29 is 14.3 Å². The van der Waals surface area contributed by atoms with Gasteiger partial charge in [0, 0.05) is 19.6 Å². The molecule has 1 N–H and O–H groups in total.